The molecular formula is C22H29NO4. The molecule has 2 aromatic rings. The molecule has 2 aromatic carbocycles. The van der Waals surface area contributed by atoms with Gasteiger partial charge in [-0.3, -0.25) is 4.79 Å². The van der Waals surface area contributed by atoms with Crippen LogP contribution in [0.25, 0.3) is 0 Å². The van der Waals surface area contributed by atoms with Crippen LogP contribution < -0.4 is 19.5 Å². The number of aryl methyl sites for hydroxylation is 2. The van der Waals surface area contributed by atoms with Crippen molar-refractivity contribution in [2.75, 3.05) is 13.7 Å². The van der Waals surface area contributed by atoms with E-state index in [1.807, 2.05) is 64.1 Å². The average Bonchev–Trinajstić information content (AvgIpc) is 2.64. The molecule has 146 valence electrons. The fraction of sp³-hybridized carbons (Fsp3) is 0.409. The van der Waals surface area contributed by atoms with Gasteiger partial charge in [0.05, 0.1) is 13.2 Å². The van der Waals surface area contributed by atoms with Crippen LogP contribution >= 0.6 is 0 Å². The standard InChI is InChI=1S/C22H29NO4/c1-6-21(27-20-12-15(2)11-16(3)13-20)22(24)23-17(4)14-26-19-9-7-18(25-5)8-10-19/h7-13,17,21H,6,14H2,1-5H3,(H,23,24)/t17-,21+/m0/s1. The van der Waals surface area contributed by atoms with Gasteiger partial charge < -0.3 is 19.5 Å². The van der Waals surface area contributed by atoms with Crippen LogP contribution in [0.5, 0.6) is 17.2 Å². The second-order valence-electron chi connectivity index (χ2n) is 6.73. The maximum absolute atomic E-state index is 12.5. The first-order chi connectivity index (χ1) is 12.9. The second-order valence-corrected chi connectivity index (χ2v) is 6.73. The molecule has 0 saturated carbocycles. The summed E-state index contributed by atoms with van der Waals surface area (Å²) in [6.07, 6.45) is 0.0554. The van der Waals surface area contributed by atoms with E-state index in [2.05, 4.69) is 11.4 Å². The highest BCUT2D eigenvalue weighted by Gasteiger charge is 2.20. The van der Waals surface area contributed by atoms with E-state index in [4.69, 9.17) is 14.2 Å². The van der Waals surface area contributed by atoms with E-state index in [0.29, 0.717) is 13.0 Å². The zero-order valence-electron chi connectivity index (χ0n) is 16.7. The summed E-state index contributed by atoms with van der Waals surface area (Å²) in [7, 11) is 1.62. The van der Waals surface area contributed by atoms with Crippen molar-refractivity contribution < 1.29 is 19.0 Å². The Bertz CT molecular complexity index is 722. The molecule has 1 amide bonds. The predicted molar refractivity (Wildman–Crippen MR) is 107 cm³/mol. The van der Waals surface area contributed by atoms with Gasteiger partial charge in [0.1, 0.15) is 23.9 Å². The van der Waals surface area contributed by atoms with Crippen molar-refractivity contribution in [3.8, 4) is 17.2 Å². The highest BCUT2D eigenvalue weighted by Crippen LogP contribution is 2.19. The number of methoxy groups -OCH3 is 1. The van der Waals surface area contributed by atoms with Gasteiger partial charge in [0, 0.05) is 0 Å². The highest BCUT2D eigenvalue weighted by atomic mass is 16.5. The van der Waals surface area contributed by atoms with Crippen molar-refractivity contribution in [2.24, 2.45) is 0 Å². The molecule has 1 N–H and O–H groups in total. The minimum absolute atomic E-state index is 0.137. The molecule has 0 heterocycles. The zero-order chi connectivity index (χ0) is 19.8. The number of carbonyl (C=O) groups excluding carboxylic acids is 1. The lowest BCUT2D eigenvalue weighted by Crippen LogP contribution is -2.44. The first-order valence-corrected chi connectivity index (χ1v) is 9.23. The van der Waals surface area contributed by atoms with Gasteiger partial charge in [0.15, 0.2) is 6.10 Å². The fourth-order valence-corrected chi connectivity index (χ4v) is 2.76. The minimum Gasteiger partial charge on any atom is -0.497 e. The van der Waals surface area contributed by atoms with Crippen molar-refractivity contribution in [1.29, 1.82) is 0 Å². The normalized spacial score (nSPS) is 12.8. The number of hydrogen-bond donors (Lipinski definition) is 1. The number of benzene rings is 2. The molecular weight excluding hydrogens is 342 g/mol. The lowest BCUT2D eigenvalue weighted by atomic mass is 10.1. The number of hydrogen-bond acceptors (Lipinski definition) is 4. The van der Waals surface area contributed by atoms with Crippen LogP contribution in [0.2, 0.25) is 0 Å². The Morgan fingerprint density at radius 2 is 1.59 bits per heavy atom. The Morgan fingerprint density at radius 1 is 1.00 bits per heavy atom. The molecule has 5 heteroatoms. The van der Waals surface area contributed by atoms with Crippen LogP contribution in [0.4, 0.5) is 0 Å². The average molecular weight is 371 g/mol. The number of amides is 1. The summed E-state index contributed by atoms with van der Waals surface area (Å²) in [6.45, 7) is 8.24. The van der Waals surface area contributed by atoms with E-state index in [0.717, 1.165) is 28.4 Å². The molecule has 27 heavy (non-hydrogen) atoms. The van der Waals surface area contributed by atoms with Crippen molar-refractivity contribution in [3.05, 3.63) is 53.6 Å². The van der Waals surface area contributed by atoms with Crippen LogP contribution in [0.15, 0.2) is 42.5 Å². The maximum atomic E-state index is 12.5. The number of carbonyl (C=O) groups is 1. The number of rotatable bonds is 9. The molecule has 5 nitrogen and oxygen atoms in total. The Morgan fingerprint density at radius 3 is 2.15 bits per heavy atom. The third-order valence-corrected chi connectivity index (χ3v) is 4.08. The van der Waals surface area contributed by atoms with Gasteiger partial charge >= 0.3 is 0 Å². The van der Waals surface area contributed by atoms with Gasteiger partial charge in [-0.1, -0.05) is 13.0 Å². The van der Waals surface area contributed by atoms with Crippen molar-refractivity contribution in [3.63, 3.8) is 0 Å². The summed E-state index contributed by atoms with van der Waals surface area (Å²) in [5.41, 5.74) is 2.23. The first kappa shape index (κ1) is 20.6. The van der Waals surface area contributed by atoms with Crippen LogP contribution in [0.1, 0.15) is 31.4 Å². The summed E-state index contributed by atoms with van der Waals surface area (Å²) in [6, 6.07) is 13.2. The van der Waals surface area contributed by atoms with Crippen LogP contribution in [-0.4, -0.2) is 31.8 Å². The number of ether oxygens (including phenoxy) is 3. The van der Waals surface area contributed by atoms with E-state index in [1.54, 1.807) is 7.11 Å². The summed E-state index contributed by atoms with van der Waals surface area (Å²) in [5, 5.41) is 2.96. The van der Waals surface area contributed by atoms with E-state index in [9.17, 15) is 4.79 Å². The molecule has 0 unspecified atom stereocenters. The molecule has 0 spiro atoms. The molecule has 0 aromatic heterocycles. The Kier molecular flexibility index (Phi) is 7.53. The molecule has 2 atom stereocenters. The predicted octanol–water partition coefficient (Wildman–Crippen LogP) is 4.05. The van der Waals surface area contributed by atoms with Gasteiger partial charge in [0.2, 0.25) is 0 Å². The third-order valence-electron chi connectivity index (χ3n) is 4.08. The van der Waals surface area contributed by atoms with Crippen LogP contribution in [-0.2, 0) is 4.79 Å². The van der Waals surface area contributed by atoms with Gasteiger partial charge in [0.25, 0.3) is 5.91 Å². The van der Waals surface area contributed by atoms with Crippen molar-refractivity contribution in [1.82, 2.24) is 5.32 Å². The van der Waals surface area contributed by atoms with Crippen LogP contribution in [0, 0.1) is 13.8 Å². The lowest BCUT2D eigenvalue weighted by Gasteiger charge is -2.21. The Hall–Kier alpha value is -2.69. The summed E-state index contributed by atoms with van der Waals surface area (Å²) in [4.78, 5) is 12.5. The van der Waals surface area contributed by atoms with Crippen LogP contribution in [0.3, 0.4) is 0 Å². The third kappa shape index (κ3) is 6.51. The Labute approximate surface area is 161 Å². The summed E-state index contributed by atoms with van der Waals surface area (Å²) >= 11 is 0. The lowest BCUT2D eigenvalue weighted by molar-refractivity contribution is -0.128. The van der Waals surface area contributed by atoms with E-state index < -0.39 is 6.10 Å². The van der Waals surface area contributed by atoms with Gasteiger partial charge in [-0.25, -0.2) is 0 Å². The van der Waals surface area contributed by atoms with E-state index >= 15 is 0 Å². The molecule has 0 aliphatic carbocycles. The maximum Gasteiger partial charge on any atom is 0.261 e. The van der Waals surface area contributed by atoms with Gasteiger partial charge in [-0.15, -0.1) is 0 Å². The minimum atomic E-state index is -0.533. The first-order valence-electron chi connectivity index (χ1n) is 9.23. The zero-order valence-corrected chi connectivity index (χ0v) is 16.7. The fourth-order valence-electron chi connectivity index (χ4n) is 2.76. The van der Waals surface area contributed by atoms with E-state index in [-0.39, 0.29) is 11.9 Å². The highest BCUT2D eigenvalue weighted by molar-refractivity contribution is 5.81. The van der Waals surface area contributed by atoms with Crippen molar-refractivity contribution in [2.45, 2.75) is 46.3 Å². The molecule has 0 aliphatic heterocycles. The van der Waals surface area contributed by atoms with E-state index in [1.165, 1.54) is 0 Å². The molecule has 0 saturated heterocycles. The quantitative estimate of drug-likeness (QED) is 0.722. The smallest absolute Gasteiger partial charge is 0.261 e. The monoisotopic (exact) mass is 371 g/mol. The largest absolute Gasteiger partial charge is 0.497 e. The summed E-state index contributed by atoms with van der Waals surface area (Å²) in [5.74, 6) is 2.09. The SMILES string of the molecule is CC[C@@H](Oc1cc(C)cc(C)c1)C(=O)N[C@@H](C)COc1ccc(OC)cc1. The topological polar surface area (TPSA) is 56.8 Å². The number of nitrogens with one attached hydrogen (secondary N) is 1. The van der Waals surface area contributed by atoms with Gasteiger partial charge in [-0.05, 0) is 74.7 Å². The molecule has 2 rings (SSSR count). The van der Waals surface area contributed by atoms with Crippen molar-refractivity contribution >= 4 is 5.91 Å². The van der Waals surface area contributed by atoms with Gasteiger partial charge in [-0.2, -0.15) is 0 Å². The second kappa shape index (κ2) is 9.86. The molecule has 0 radical (unpaired) electrons. The molecule has 0 fully saturated rings. The Balaban J connectivity index is 1.86. The summed E-state index contributed by atoms with van der Waals surface area (Å²) < 4.78 is 16.8. The molecule has 0 aliphatic rings. The molecule has 0 bridgehead atoms.